The van der Waals surface area contributed by atoms with E-state index in [1.165, 1.54) is 0 Å². The van der Waals surface area contributed by atoms with Gasteiger partial charge in [-0.05, 0) is 65.6 Å². The number of hydrogen-bond donors (Lipinski definition) is 0. The van der Waals surface area contributed by atoms with Crippen LogP contribution in [0.1, 0.15) is 43.4 Å². The first-order valence-corrected chi connectivity index (χ1v) is 7.32. The van der Waals surface area contributed by atoms with Gasteiger partial charge in [0.1, 0.15) is 11.9 Å². The minimum Gasteiger partial charge on any atom is -0.492 e. The van der Waals surface area contributed by atoms with Gasteiger partial charge in [0.15, 0.2) is 0 Å². The summed E-state index contributed by atoms with van der Waals surface area (Å²) in [5.74, 6) is 0.851. The summed E-state index contributed by atoms with van der Waals surface area (Å²) in [4.78, 5) is 11.2. The predicted octanol–water partition coefficient (Wildman–Crippen LogP) is 3.77. The first kappa shape index (κ1) is 13.6. The fraction of sp³-hybridized carbons (Fsp3) is 0.500. The van der Waals surface area contributed by atoms with E-state index in [1.54, 1.807) is 0 Å². The zero-order valence-electron chi connectivity index (χ0n) is 10.7. The van der Waals surface area contributed by atoms with Gasteiger partial charge < -0.3 is 9.47 Å². The molecule has 1 aromatic rings. The van der Waals surface area contributed by atoms with E-state index in [0.29, 0.717) is 6.42 Å². The van der Waals surface area contributed by atoms with Crippen molar-refractivity contribution >= 4 is 28.6 Å². The molecule has 1 unspecified atom stereocenters. The Labute approximate surface area is 121 Å². The maximum atomic E-state index is 11.2. The fourth-order valence-electron chi connectivity index (χ4n) is 2.09. The molecule has 0 aromatic heterocycles. The molecule has 98 valence electrons. The van der Waals surface area contributed by atoms with E-state index in [-0.39, 0.29) is 12.1 Å². The number of carbonyl (C=O) groups is 1. The normalized spacial score (nSPS) is 18.8. The van der Waals surface area contributed by atoms with E-state index >= 15 is 0 Å². The van der Waals surface area contributed by atoms with Gasteiger partial charge in [-0.3, -0.25) is 4.79 Å². The van der Waals surface area contributed by atoms with Gasteiger partial charge in [0.25, 0.3) is 0 Å². The van der Waals surface area contributed by atoms with E-state index in [0.717, 1.165) is 39.9 Å². The Balaban J connectivity index is 2.22. The molecule has 1 fully saturated rings. The van der Waals surface area contributed by atoms with Crippen molar-refractivity contribution in [1.29, 1.82) is 0 Å². The van der Waals surface area contributed by atoms with Crippen LogP contribution in [0.15, 0.2) is 12.1 Å². The summed E-state index contributed by atoms with van der Waals surface area (Å²) in [6.07, 6.45) is 2.22. The van der Waals surface area contributed by atoms with Crippen molar-refractivity contribution in [2.24, 2.45) is 0 Å². The van der Waals surface area contributed by atoms with Crippen molar-refractivity contribution < 1.29 is 14.3 Å². The molecule has 0 saturated carbocycles. The molecular formula is C14H17IO3. The Morgan fingerprint density at radius 2 is 2.28 bits per heavy atom. The number of hydrogen-bond acceptors (Lipinski definition) is 3. The van der Waals surface area contributed by atoms with Crippen LogP contribution in [0.4, 0.5) is 0 Å². The minimum absolute atomic E-state index is 0.0788. The average Bonchev–Trinajstić information content (AvgIpc) is 2.75. The lowest BCUT2D eigenvalue weighted by Crippen LogP contribution is -2.03. The Bertz CT molecular complexity index is 433. The largest absolute Gasteiger partial charge is 0.492 e. The van der Waals surface area contributed by atoms with Gasteiger partial charge in [-0.2, -0.15) is 0 Å². The van der Waals surface area contributed by atoms with Gasteiger partial charge in [0, 0.05) is 6.42 Å². The molecule has 4 heteroatoms. The van der Waals surface area contributed by atoms with Crippen molar-refractivity contribution in [1.82, 2.24) is 0 Å². The lowest BCUT2D eigenvalue weighted by atomic mass is 10.0. The second-order valence-corrected chi connectivity index (χ2v) is 5.68. The number of carbonyl (C=O) groups excluding carboxylic acids is 1. The lowest BCUT2D eigenvalue weighted by molar-refractivity contribution is -0.141. The molecule has 1 aliphatic rings. The first-order chi connectivity index (χ1) is 8.61. The molecule has 0 radical (unpaired) electrons. The number of ether oxygens (including phenoxy) is 2. The van der Waals surface area contributed by atoms with E-state index in [4.69, 9.17) is 9.47 Å². The molecule has 0 bridgehead atoms. The Hall–Kier alpha value is -0.780. The maximum absolute atomic E-state index is 11.2. The standard InChI is InChI=1S/C14H17IO3/c1-3-6-17-14-9(2)7-10(8-11(14)15)12-4-5-13(16)18-12/h7-8,12H,3-6H2,1-2H3. The highest BCUT2D eigenvalue weighted by molar-refractivity contribution is 14.1. The molecule has 3 nitrogen and oxygen atoms in total. The average molecular weight is 360 g/mol. The summed E-state index contributed by atoms with van der Waals surface area (Å²) >= 11 is 2.28. The third kappa shape index (κ3) is 2.96. The quantitative estimate of drug-likeness (QED) is 0.606. The number of rotatable bonds is 4. The summed E-state index contributed by atoms with van der Waals surface area (Å²) < 4.78 is 12.1. The highest BCUT2D eigenvalue weighted by Crippen LogP contribution is 2.35. The second kappa shape index (κ2) is 5.91. The van der Waals surface area contributed by atoms with Gasteiger partial charge in [-0.1, -0.05) is 6.92 Å². The van der Waals surface area contributed by atoms with Gasteiger partial charge in [-0.25, -0.2) is 0 Å². The topological polar surface area (TPSA) is 35.5 Å². The zero-order chi connectivity index (χ0) is 13.1. The molecule has 1 aliphatic heterocycles. The predicted molar refractivity (Wildman–Crippen MR) is 77.7 cm³/mol. The Kier molecular flexibility index (Phi) is 4.48. The molecule has 0 amide bonds. The molecule has 18 heavy (non-hydrogen) atoms. The van der Waals surface area contributed by atoms with E-state index < -0.39 is 0 Å². The van der Waals surface area contributed by atoms with Gasteiger partial charge in [0.2, 0.25) is 0 Å². The number of aryl methyl sites for hydroxylation is 1. The van der Waals surface area contributed by atoms with Crippen LogP contribution in [0.3, 0.4) is 0 Å². The lowest BCUT2D eigenvalue weighted by Gasteiger charge is -2.15. The summed E-state index contributed by atoms with van der Waals surface area (Å²) in [5.41, 5.74) is 2.18. The van der Waals surface area contributed by atoms with Gasteiger partial charge in [-0.15, -0.1) is 0 Å². The van der Waals surface area contributed by atoms with E-state index in [1.807, 2.05) is 6.92 Å². The van der Waals surface area contributed by atoms with Crippen molar-refractivity contribution in [3.05, 3.63) is 26.8 Å². The molecular weight excluding hydrogens is 343 g/mol. The molecule has 1 atom stereocenters. The fourth-order valence-corrected chi connectivity index (χ4v) is 3.03. The van der Waals surface area contributed by atoms with Crippen LogP contribution in [0, 0.1) is 10.5 Å². The summed E-state index contributed by atoms with van der Waals surface area (Å²) in [5, 5.41) is 0. The maximum Gasteiger partial charge on any atom is 0.306 e. The van der Waals surface area contributed by atoms with Crippen LogP contribution in [0.2, 0.25) is 0 Å². The number of esters is 1. The van der Waals surface area contributed by atoms with Crippen molar-refractivity contribution in [2.75, 3.05) is 6.61 Å². The molecule has 1 heterocycles. The monoisotopic (exact) mass is 360 g/mol. The smallest absolute Gasteiger partial charge is 0.306 e. The van der Waals surface area contributed by atoms with Crippen molar-refractivity contribution in [3.63, 3.8) is 0 Å². The molecule has 0 N–H and O–H groups in total. The third-order valence-corrected chi connectivity index (χ3v) is 3.76. The van der Waals surface area contributed by atoms with Crippen LogP contribution >= 0.6 is 22.6 Å². The van der Waals surface area contributed by atoms with Gasteiger partial charge >= 0.3 is 5.97 Å². The molecule has 1 saturated heterocycles. The minimum atomic E-state index is -0.0982. The number of benzene rings is 1. The second-order valence-electron chi connectivity index (χ2n) is 4.51. The number of halogens is 1. The van der Waals surface area contributed by atoms with Crippen molar-refractivity contribution in [3.8, 4) is 5.75 Å². The highest BCUT2D eigenvalue weighted by Gasteiger charge is 2.25. The van der Waals surface area contributed by atoms with Gasteiger partial charge in [0.05, 0.1) is 10.2 Å². The zero-order valence-corrected chi connectivity index (χ0v) is 12.8. The molecule has 0 spiro atoms. The summed E-state index contributed by atoms with van der Waals surface area (Å²) in [6, 6.07) is 4.12. The van der Waals surface area contributed by atoms with E-state index in [9.17, 15) is 4.79 Å². The first-order valence-electron chi connectivity index (χ1n) is 6.24. The van der Waals surface area contributed by atoms with Crippen LogP contribution in [0.25, 0.3) is 0 Å². The van der Waals surface area contributed by atoms with E-state index in [2.05, 4.69) is 41.6 Å². The molecule has 2 rings (SSSR count). The number of cyclic esters (lactones) is 1. The Morgan fingerprint density at radius 3 is 2.83 bits per heavy atom. The van der Waals surface area contributed by atoms with Crippen LogP contribution < -0.4 is 4.74 Å². The molecule has 0 aliphatic carbocycles. The van der Waals surface area contributed by atoms with Crippen LogP contribution in [-0.4, -0.2) is 12.6 Å². The summed E-state index contributed by atoms with van der Waals surface area (Å²) in [6.45, 7) is 4.86. The van der Waals surface area contributed by atoms with Crippen LogP contribution in [0.5, 0.6) is 5.75 Å². The van der Waals surface area contributed by atoms with Crippen molar-refractivity contribution in [2.45, 2.75) is 39.2 Å². The SMILES string of the molecule is CCCOc1c(C)cc(C2CCC(=O)O2)cc1I. The summed E-state index contributed by atoms with van der Waals surface area (Å²) in [7, 11) is 0. The van der Waals surface area contributed by atoms with Crippen LogP contribution in [-0.2, 0) is 9.53 Å². The molecule has 1 aromatic carbocycles. The highest BCUT2D eigenvalue weighted by atomic mass is 127. The Morgan fingerprint density at radius 1 is 1.50 bits per heavy atom. The third-order valence-electron chi connectivity index (χ3n) is 2.96.